The van der Waals surface area contributed by atoms with E-state index in [0.717, 1.165) is 12.8 Å². The SMILES string of the molecule is N[C@@H]1[C@@H]2CC[C@@H](C2)[C@H]1C(F)(F)F. The van der Waals surface area contributed by atoms with Crippen LogP contribution in [0.3, 0.4) is 0 Å². The Balaban J connectivity index is 2.17. The van der Waals surface area contributed by atoms with E-state index in [0.29, 0.717) is 6.42 Å². The first-order valence-corrected chi connectivity index (χ1v) is 4.32. The fourth-order valence-electron chi connectivity index (χ4n) is 2.82. The van der Waals surface area contributed by atoms with Gasteiger partial charge in [0.05, 0.1) is 5.92 Å². The molecule has 0 aromatic heterocycles. The number of rotatable bonds is 0. The molecule has 0 spiro atoms. The molecule has 2 N–H and O–H groups in total. The number of hydrogen-bond donors (Lipinski definition) is 1. The summed E-state index contributed by atoms with van der Waals surface area (Å²) in [6.07, 6.45) is -1.74. The fourth-order valence-corrected chi connectivity index (χ4v) is 2.82. The molecule has 0 heterocycles. The second-order valence-electron chi connectivity index (χ2n) is 3.98. The molecule has 4 atom stereocenters. The quantitative estimate of drug-likeness (QED) is 0.604. The average Bonchev–Trinajstić information content (AvgIpc) is 2.42. The first kappa shape index (κ1) is 8.35. The van der Waals surface area contributed by atoms with Crippen LogP contribution in [0.2, 0.25) is 0 Å². The number of alkyl halides is 3. The maximum Gasteiger partial charge on any atom is 0.393 e. The van der Waals surface area contributed by atoms with Gasteiger partial charge >= 0.3 is 6.18 Å². The summed E-state index contributed by atoms with van der Waals surface area (Å²) in [5.41, 5.74) is 5.53. The van der Waals surface area contributed by atoms with Crippen LogP contribution in [-0.4, -0.2) is 12.2 Å². The number of halogens is 3. The van der Waals surface area contributed by atoms with Crippen molar-refractivity contribution in [3.8, 4) is 0 Å². The van der Waals surface area contributed by atoms with Crippen molar-refractivity contribution in [2.45, 2.75) is 31.5 Å². The van der Waals surface area contributed by atoms with Gasteiger partial charge in [0.2, 0.25) is 0 Å². The summed E-state index contributed by atoms with van der Waals surface area (Å²) in [4.78, 5) is 0. The second-order valence-corrected chi connectivity index (χ2v) is 3.98. The molecule has 0 radical (unpaired) electrons. The summed E-state index contributed by atoms with van der Waals surface area (Å²) >= 11 is 0. The maximum absolute atomic E-state index is 12.4. The molecule has 2 aliphatic carbocycles. The van der Waals surface area contributed by atoms with Crippen molar-refractivity contribution >= 4 is 0 Å². The Morgan fingerprint density at radius 3 is 2.00 bits per heavy atom. The smallest absolute Gasteiger partial charge is 0.327 e. The Kier molecular flexibility index (Phi) is 1.65. The Morgan fingerprint density at radius 2 is 1.67 bits per heavy atom. The Bertz CT molecular complexity index is 187. The molecule has 0 unspecified atom stereocenters. The van der Waals surface area contributed by atoms with Crippen molar-refractivity contribution in [2.24, 2.45) is 23.5 Å². The minimum atomic E-state index is -4.07. The Hall–Kier alpha value is -0.250. The van der Waals surface area contributed by atoms with E-state index in [-0.39, 0.29) is 11.8 Å². The molecule has 0 saturated heterocycles. The summed E-state index contributed by atoms with van der Waals surface area (Å²) in [6.45, 7) is 0. The second kappa shape index (κ2) is 2.37. The van der Waals surface area contributed by atoms with E-state index >= 15 is 0 Å². The van der Waals surface area contributed by atoms with Gasteiger partial charge in [0.1, 0.15) is 0 Å². The van der Waals surface area contributed by atoms with Gasteiger partial charge in [-0.05, 0) is 31.1 Å². The monoisotopic (exact) mass is 179 g/mol. The lowest BCUT2D eigenvalue weighted by Crippen LogP contribution is -2.43. The normalized spacial score (nSPS) is 47.0. The molecule has 2 bridgehead atoms. The van der Waals surface area contributed by atoms with Gasteiger partial charge in [-0.3, -0.25) is 0 Å². The van der Waals surface area contributed by atoms with E-state index in [2.05, 4.69) is 0 Å². The van der Waals surface area contributed by atoms with E-state index < -0.39 is 18.1 Å². The van der Waals surface area contributed by atoms with Gasteiger partial charge in [0.25, 0.3) is 0 Å². The van der Waals surface area contributed by atoms with Gasteiger partial charge in [-0.1, -0.05) is 0 Å². The lowest BCUT2D eigenvalue weighted by Gasteiger charge is -2.29. The molecule has 2 fully saturated rings. The number of hydrogen-bond acceptors (Lipinski definition) is 1. The van der Waals surface area contributed by atoms with Gasteiger partial charge in [-0.2, -0.15) is 13.2 Å². The fraction of sp³-hybridized carbons (Fsp3) is 1.00. The van der Waals surface area contributed by atoms with Crippen LogP contribution in [0.4, 0.5) is 13.2 Å². The summed E-state index contributed by atoms with van der Waals surface area (Å²) in [5, 5.41) is 0. The van der Waals surface area contributed by atoms with E-state index in [1.54, 1.807) is 0 Å². The number of nitrogens with two attached hydrogens (primary N) is 1. The van der Waals surface area contributed by atoms with E-state index in [4.69, 9.17) is 5.73 Å². The molecule has 0 aromatic rings. The highest BCUT2D eigenvalue weighted by molar-refractivity contribution is 5.01. The van der Waals surface area contributed by atoms with E-state index in [1.807, 2.05) is 0 Å². The van der Waals surface area contributed by atoms with Gasteiger partial charge in [-0.25, -0.2) is 0 Å². The third-order valence-electron chi connectivity index (χ3n) is 3.36. The molecule has 2 aliphatic rings. The third-order valence-corrected chi connectivity index (χ3v) is 3.36. The largest absolute Gasteiger partial charge is 0.393 e. The molecule has 0 aromatic carbocycles. The molecular weight excluding hydrogens is 167 g/mol. The Labute approximate surface area is 69.1 Å². The summed E-state index contributed by atoms with van der Waals surface area (Å²) in [6, 6.07) is -0.622. The van der Waals surface area contributed by atoms with Crippen molar-refractivity contribution < 1.29 is 13.2 Å². The van der Waals surface area contributed by atoms with Crippen LogP contribution in [-0.2, 0) is 0 Å². The lowest BCUT2D eigenvalue weighted by atomic mass is 9.84. The van der Waals surface area contributed by atoms with E-state index in [1.165, 1.54) is 0 Å². The minimum Gasteiger partial charge on any atom is -0.327 e. The Morgan fingerprint density at radius 1 is 1.08 bits per heavy atom. The zero-order chi connectivity index (χ0) is 8.93. The molecule has 70 valence electrons. The van der Waals surface area contributed by atoms with Crippen molar-refractivity contribution in [1.82, 2.24) is 0 Å². The van der Waals surface area contributed by atoms with Gasteiger partial charge in [0.15, 0.2) is 0 Å². The van der Waals surface area contributed by atoms with Gasteiger partial charge < -0.3 is 5.73 Å². The maximum atomic E-state index is 12.4. The van der Waals surface area contributed by atoms with Crippen molar-refractivity contribution in [1.29, 1.82) is 0 Å². The highest BCUT2D eigenvalue weighted by Gasteiger charge is 2.57. The van der Waals surface area contributed by atoms with Gasteiger partial charge in [-0.15, -0.1) is 0 Å². The predicted molar refractivity (Wildman–Crippen MR) is 38.4 cm³/mol. The van der Waals surface area contributed by atoms with Gasteiger partial charge in [0, 0.05) is 6.04 Å². The van der Waals surface area contributed by atoms with Crippen LogP contribution >= 0.6 is 0 Å². The zero-order valence-corrected chi connectivity index (χ0v) is 6.64. The standard InChI is InChI=1S/C8H12F3N/c9-8(10,11)6-4-1-2-5(3-4)7(6)12/h4-7H,1-3,12H2/t4-,5+,6+,7+/m0/s1. The molecule has 2 rings (SSSR count). The molecule has 12 heavy (non-hydrogen) atoms. The summed E-state index contributed by atoms with van der Waals surface area (Å²) in [5.74, 6) is -1.25. The third kappa shape index (κ3) is 1.04. The predicted octanol–water partition coefficient (Wildman–Crippen LogP) is 1.92. The molecule has 4 heteroatoms. The van der Waals surface area contributed by atoms with Crippen LogP contribution < -0.4 is 5.73 Å². The minimum absolute atomic E-state index is 0.140. The summed E-state index contributed by atoms with van der Waals surface area (Å²) in [7, 11) is 0. The van der Waals surface area contributed by atoms with Crippen LogP contribution in [0.15, 0.2) is 0 Å². The zero-order valence-electron chi connectivity index (χ0n) is 6.64. The van der Waals surface area contributed by atoms with Crippen LogP contribution in [0, 0.1) is 17.8 Å². The topological polar surface area (TPSA) is 26.0 Å². The molecule has 0 amide bonds. The van der Waals surface area contributed by atoms with Crippen LogP contribution in [0.1, 0.15) is 19.3 Å². The van der Waals surface area contributed by atoms with Crippen molar-refractivity contribution in [2.75, 3.05) is 0 Å². The van der Waals surface area contributed by atoms with Crippen molar-refractivity contribution in [3.05, 3.63) is 0 Å². The molecular formula is C8H12F3N. The van der Waals surface area contributed by atoms with E-state index in [9.17, 15) is 13.2 Å². The first-order chi connectivity index (χ1) is 5.50. The first-order valence-electron chi connectivity index (χ1n) is 4.32. The highest BCUT2D eigenvalue weighted by atomic mass is 19.4. The van der Waals surface area contributed by atoms with Crippen LogP contribution in [0.25, 0.3) is 0 Å². The lowest BCUT2D eigenvalue weighted by molar-refractivity contribution is -0.190. The molecule has 2 saturated carbocycles. The average molecular weight is 179 g/mol. The van der Waals surface area contributed by atoms with Crippen molar-refractivity contribution in [3.63, 3.8) is 0 Å². The molecule has 0 aliphatic heterocycles. The number of fused-ring (bicyclic) bond motifs is 2. The molecule has 1 nitrogen and oxygen atoms in total. The summed E-state index contributed by atoms with van der Waals surface area (Å²) < 4.78 is 37.2. The van der Waals surface area contributed by atoms with Crippen LogP contribution in [0.5, 0.6) is 0 Å². The highest BCUT2D eigenvalue weighted by Crippen LogP contribution is 2.53.